The fourth-order valence-electron chi connectivity index (χ4n) is 2.65. The summed E-state index contributed by atoms with van der Waals surface area (Å²) in [5.41, 5.74) is 2.49. The van der Waals surface area contributed by atoms with Crippen LogP contribution < -0.4 is 5.32 Å². The maximum atomic E-state index is 12.1. The first-order valence-corrected chi connectivity index (χ1v) is 9.29. The molecule has 1 heterocycles. The molecule has 0 amide bonds. The number of hydrogen-bond acceptors (Lipinski definition) is 4. The highest BCUT2D eigenvalue weighted by atomic mass is 35.5. The predicted octanol–water partition coefficient (Wildman–Crippen LogP) is 3.12. The first-order valence-electron chi connectivity index (χ1n) is 8.76. The second kappa shape index (κ2) is 12.7. The normalized spacial score (nSPS) is 17.6. The van der Waals surface area contributed by atoms with Gasteiger partial charge in [0, 0.05) is 38.1 Å². The lowest BCUT2D eigenvalue weighted by Crippen LogP contribution is -2.28. The molecule has 0 aromatic rings. The second-order valence-electron chi connectivity index (χ2n) is 6.17. The fourth-order valence-corrected chi connectivity index (χ4v) is 2.77. The largest absolute Gasteiger partial charge is 0.481 e. The van der Waals surface area contributed by atoms with Gasteiger partial charge in [0.2, 0.25) is 0 Å². The lowest BCUT2D eigenvalue weighted by Gasteiger charge is -2.25. The molecule has 0 aromatic carbocycles. The molecule has 0 fully saturated rings. The van der Waals surface area contributed by atoms with Gasteiger partial charge in [0.15, 0.2) is 5.78 Å². The van der Waals surface area contributed by atoms with Crippen molar-refractivity contribution >= 4 is 23.4 Å². The Morgan fingerprint density at radius 1 is 1.36 bits per heavy atom. The van der Waals surface area contributed by atoms with E-state index in [2.05, 4.69) is 28.4 Å². The van der Waals surface area contributed by atoms with Gasteiger partial charge in [-0.05, 0) is 25.7 Å². The number of carboxylic acid groups (broad SMARTS) is 1. The zero-order chi connectivity index (χ0) is 18.5. The molecule has 1 rings (SSSR count). The summed E-state index contributed by atoms with van der Waals surface area (Å²) in [4.78, 5) is 24.6. The van der Waals surface area contributed by atoms with Crippen molar-refractivity contribution in [1.82, 2.24) is 10.2 Å². The molecule has 0 bridgehead atoms. The summed E-state index contributed by atoms with van der Waals surface area (Å²) in [6.45, 7) is 1.43. The van der Waals surface area contributed by atoms with E-state index in [1.165, 1.54) is 5.57 Å². The van der Waals surface area contributed by atoms with Crippen LogP contribution in [0.25, 0.3) is 0 Å². The van der Waals surface area contributed by atoms with Crippen LogP contribution in [-0.2, 0) is 9.59 Å². The van der Waals surface area contributed by atoms with E-state index in [1.54, 1.807) is 0 Å². The molecule has 140 valence electrons. The topological polar surface area (TPSA) is 69.6 Å². The third-order valence-electron chi connectivity index (χ3n) is 4.12. The third kappa shape index (κ3) is 10.1. The molecule has 0 aromatic heterocycles. The standard InChI is InChI=1S/C19H29ClN2O3/c1-22-13-10-16(6-3-2-4-11-20)7-5-8-17(22)14-18(23)15-21-12-9-19(24)25/h2,4,7-8,21H,3,5-6,9-15H2,1H3,(H,24,25)/b4-2+,16-7-,17-8?. The molecule has 0 aliphatic carbocycles. The minimum atomic E-state index is -0.858. The first-order chi connectivity index (χ1) is 12.0. The molecule has 1 aliphatic rings. The highest BCUT2D eigenvalue weighted by Gasteiger charge is 2.12. The highest BCUT2D eigenvalue weighted by Crippen LogP contribution is 2.19. The van der Waals surface area contributed by atoms with Crippen molar-refractivity contribution in [1.29, 1.82) is 0 Å². The van der Waals surface area contributed by atoms with Crippen LogP contribution in [0, 0.1) is 0 Å². The number of rotatable bonds is 11. The number of ketones is 1. The van der Waals surface area contributed by atoms with Crippen LogP contribution in [0.4, 0.5) is 0 Å². The number of carboxylic acids is 1. The number of aliphatic carboxylic acids is 1. The van der Waals surface area contributed by atoms with Gasteiger partial charge in [-0.3, -0.25) is 9.59 Å². The van der Waals surface area contributed by atoms with Gasteiger partial charge in [0.1, 0.15) is 0 Å². The average Bonchev–Trinajstić information content (AvgIpc) is 2.56. The summed E-state index contributed by atoms with van der Waals surface area (Å²) >= 11 is 5.63. The van der Waals surface area contributed by atoms with Gasteiger partial charge >= 0.3 is 5.97 Å². The van der Waals surface area contributed by atoms with E-state index in [1.807, 2.05) is 13.1 Å². The van der Waals surface area contributed by atoms with Crippen LogP contribution in [0.3, 0.4) is 0 Å². The summed E-state index contributed by atoms with van der Waals surface area (Å²) in [6.07, 6.45) is 12.8. The molecule has 6 heteroatoms. The van der Waals surface area contributed by atoms with Crippen LogP contribution in [0.2, 0.25) is 0 Å². The number of nitrogens with zero attached hydrogens (tertiary/aromatic N) is 1. The van der Waals surface area contributed by atoms with Crippen LogP contribution in [-0.4, -0.2) is 54.3 Å². The molecule has 0 saturated heterocycles. The summed E-state index contributed by atoms with van der Waals surface area (Å²) in [7, 11) is 2.02. The maximum absolute atomic E-state index is 12.1. The Labute approximate surface area is 155 Å². The van der Waals surface area contributed by atoms with Crippen LogP contribution in [0.15, 0.2) is 35.6 Å². The second-order valence-corrected chi connectivity index (χ2v) is 6.47. The Kier molecular flexibility index (Phi) is 10.9. The summed E-state index contributed by atoms with van der Waals surface area (Å²) in [5.74, 6) is -0.213. The Hall–Kier alpha value is -1.59. The number of carbonyl (C=O) groups is 2. The lowest BCUT2D eigenvalue weighted by molar-refractivity contribution is -0.137. The molecule has 0 unspecified atom stereocenters. The zero-order valence-corrected chi connectivity index (χ0v) is 15.7. The SMILES string of the molecule is CN1CC/C(CC/C=C/CCl)=C\CC=C1CC(=O)CNCCC(=O)O. The number of halogens is 1. The Morgan fingerprint density at radius 3 is 2.88 bits per heavy atom. The van der Waals surface area contributed by atoms with Gasteiger partial charge in [0.05, 0.1) is 13.0 Å². The highest BCUT2D eigenvalue weighted by molar-refractivity contribution is 6.18. The Morgan fingerprint density at radius 2 is 2.16 bits per heavy atom. The zero-order valence-electron chi connectivity index (χ0n) is 15.0. The quantitative estimate of drug-likeness (QED) is 0.333. The number of allylic oxidation sites excluding steroid dienone is 5. The van der Waals surface area contributed by atoms with Crippen molar-refractivity contribution in [3.05, 3.63) is 35.6 Å². The van der Waals surface area contributed by atoms with Gasteiger partial charge in [0.25, 0.3) is 0 Å². The summed E-state index contributed by atoms with van der Waals surface area (Å²) < 4.78 is 0. The van der Waals surface area contributed by atoms with E-state index in [0.29, 0.717) is 18.8 Å². The maximum Gasteiger partial charge on any atom is 0.304 e. The Balaban J connectivity index is 2.43. The van der Waals surface area contributed by atoms with E-state index in [-0.39, 0.29) is 18.7 Å². The molecule has 25 heavy (non-hydrogen) atoms. The molecule has 0 radical (unpaired) electrons. The number of carbonyl (C=O) groups excluding carboxylic acids is 1. The van der Waals surface area contributed by atoms with Gasteiger partial charge in [-0.1, -0.05) is 29.9 Å². The molecule has 0 saturated carbocycles. The fraction of sp³-hybridized carbons (Fsp3) is 0.579. The van der Waals surface area contributed by atoms with Crippen LogP contribution in [0.5, 0.6) is 0 Å². The van der Waals surface area contributed by atoms with Crippen molar-refractivity contribution in [2.24, 2.45) is 0 Å². The Bertz CT molecular complexity index is 527. The van der Waals surface area contributed by atoms with Gasteiger partial charge in [-0.25, -0.2) is 0 Å². The van der Waals surface area contributed by atoms with Crippen LogP contribution in [0.1, 0.15) is 38.5 Å². The molecular formula is C19H29ClN2O3. The predicted molar refractivity (Wildman–Crippen MR) is 102 cm³/mol. The van der Waals surface area contributed by atoms with E-state index in [9.17, 15) is 9.59 Å². The van der Waals surface area contributed by atoms with Crippen molar-refractivity contribution in [3.63, 3.8) is 0 Å². The smallest absolute Gasteiger partial charge is 0.304 e. The molecule has 2 N–H and O–H groups in total. The molecule has 1 aliphatic heterocycles. The number of Topliss-reactive ketones (excluding diaryl/α,β-unsaturated/α-hetero) is 1. The number of hydrogen-bond donors (Lipinski definition) is 2. The molecule has 5 nitrogen and oxygen atoms in total. The third-order valence-corrected chi connectivity index (χ3v) is 4.30. The minimum absolute atomic E-state index is 0.0313. The van der Waals surface area contributed by atoms with Crippen molar-refractivity contribution < 1.29 is 14.7 Å². The van der Waals surface area contributed by atoms with E-state index < -0.39 is 5.97 Å². The number of alkyl halides is 1. The van der Waals surface area contributed by atoms with Gasteiger partial charge in [-0.2, -0.15) is 0 Å². The monoisotopic (exact) mass is 368 g/mol. The summed E-state index contributed by atoms with van der Waals surface area (Å²) in [5, 5.41) is 11.5. The average molecular weight is 369 g/mol. The van der Waals surface area contributed by atoms with Crippen molar-refractivity contribution in [2.45, 2.75) is 38.5 Å². The van der Waals surface area contributed by atoms with Crippen molar-refractivity contribution in [2.75, 3.05) is 32.6 Å². The minimum Gasteiger partial charge on any atom is -0.481 e. The summed E-state index contributed by atoms with van der Waals surface area (Å²) in [6, 6.07) is 0. The van der Waals surface area contributed by atoms with E-state index in [0.717, 1.165) is 37.9 Å². The first kappa shape index (κ1) is 21.5. The van der Waals surface area contributed by atoms with E-state index >= 15 is 0 Å². The van der Waals surface area contributed by atoms with Gasteiger partial charge in [-0.15, -0.1) is 11.6 Å². The molecule has 0 spiro atoms. The van der Waals surface area contributed by atoms with Gasteiger partial charge < -0.3 is 15.3 Å². The number of nitrogens with one attached hydrogen (secondary N) is 1. The lowest BCUT2D eigenvalue weighted by atomic mass is 10.0. The van der Waals surface area contributed by atoms with E-state index in [4.69, 9.17) is 16.7 Å². The van der Waals surface area contributed by atoms with Crippen molar-refractivity contribution in [3.8, 4) is 0 Å². The molecular weight excluding hydrogens is 340 g/mol. The molecule has 0 atom stereocenters. The van der Waals surface area contributed by atoms with Crippen LogP contribution >= 0.6 is 11.6 Å².